The summed E-state index contributed by atoms with van der Waals surface area (Å²) in [6.45, 7) is 5.94. The van der Waals surface area contributed by atoms with Crippen LogP contribution in [0.5, 0.6) is 11.5 Å². The van der Waals surface area contributed by atoms with Gasteiger partial charge in [0.15, 0.2) is 0 Å². The maximum atomic E-state index is 12.7. The average molecular weight is 336 g/mol. The number of amides is 2. The molecule has 6 heteroatoms. The fourth-order valence-electron chi connectivity index (χ4n) is 2.26. The van der Waals surface area contributed by atoms with E-state index in [-0.39, 0.29) is 11.8 Å². The van der Waals surface area contributed by atoms with Gasteiger partial charge in [-0.2, -0.15) is 0 Å². The molecule has 1 N–H and O–H groups in total. The van der Waals surface area contributed by atoms with Gasteiger partial charge in [-0.15, -0.1) is 0 Å². The summed E-state index contributed by atoms with van der Waals surface area (Å²) in [5, 5.41) is 2.78. The van der Waals surface area contributed by atoms with Crippen molar-refractivity contribution < 1.29 is 19.1 Å². The number of methoxy groups -OCH3 is 2. The van der Waals surface area contributed by atoms with Gasteiger partial charge in [0.2, 0.25) is 11.8 Å². The van der Waals surface area contributed by atoms with Crippen LogP contribution in [0.3, 0.4) is 0 Å². The van der Waals surface area contributed by atoms with E-state index in [1.54, 1.807) is 51.1 Å². The minimum atomic E-state index is -1.18. The van der Waals surface area contributed by atoms with Crippen molar-refractivity contribution in [1.82, 2.24) is 4.90 Å². The fourth-order valence-corrected chi connectivity index (χ4v) is 2.26. The molecule has 0 aliphatic heterocycles. The van der Waals surface area contributed by atoms with Crippen LogP contribution >= 0.6 is 0 Å². The van der Waals surface area contributed by atoms with E-state index < -0.39 is 5.41 Å². The van der Waals surface area contributed by atoms with E-state index in [9.17, 15) is 9.59 Å². The second-order valence-electron chi connectivity index (χ2n) is 6.23. The van der Waals surface area contributed by atoms with Crippen molar-refractivity contribution >= 4 is 17.5 Å². The predicted octanol–water partition coefficient (Wildman–Crippen LogP) is 2.93. The minimum Gasteiger partial charge on any atom is -0.497 e. The third kappa shape index (κ3) is 4.63. The van der Waals surface area contributed by atoms with Crippen LogP contribution in [-0.4, -0.2) is 44.5 Å². The summed E-state index contributed by atoms with van der Waals surface area (Å²) in [6, 6.07) is 5.11. The zero-order valence-electron chi connectivity index (χ0n) is 15.4. The molecule has 0 radical (unpaired) electrons. The van der Waals surface area contributed by atoms with Crippen molar-refractivity contribution in [2.45, 2.75) is 33.6 Å². The lowest BCUT2D eigenvalue weighted by Gasteiger charge is -2.28. The molecular weight excluding hydrogens is 308 g/mol. The Morgan fingerprint density at radius 1 is 1.21 bits per heavy atom. The zero-order valence-corrected chi connectivity index (χ0v) is 15.4. The summed E-state index contributed by atoms with van der Waals surface area (Å²) in [5.74, 6) is 0.500. The van der Waals surface area contributed by atoms with Gasteiger partial charge >= 0.3 is 0 Å². The van der Waals surface area contributed by atoms with Gasteiger partial charge in [0.1, 0.15) is 16.9 Å². The van der Waals surface area contributed by atoms with Gasteiger partial charge in [-0.05, 0) is 32.4 Å². The molecule has 6 nitrogen and oxygen atoms in total. The zero-order chi connectivity index (χ0) is 18.3. The highest BCUT2D eigenvalue weighted by Gasteiger charge is 2.38. The number of hydrogen-bond donors (Lipinski definition) is 1. The van der Waals surface area contributed by atoms with E-state index in [2.05, 4.69) is 12.2 Å². The molecule has 1 rings (SSSR count). The van der Waals surface area contributed by atoms with Gasteiger partial charge in [0.05, 0.1) is 19.9 Å². The normalized spacial score (nSPS) is 10.9. The molecule has 0 saturated heterocycles. The molecule has 1 aromatic carbocycles. The number of nitrogens with one attached hydrogen (secondary N) is 1. The fraction of sp³-hybridized carbons (Fsp3) is 0.556. The number of ether oxygens (including phenoxy) is 2. The van der Waals surface area contributed by atoms with Gasteiger partial charge < -0.3 is 19.7 Å². The molecule has 0 aromatic heterocycles. The molecular formula is C18H28N2O4. The second kappa shape index (κ2) is 8.57. The highest BCUT2D eigenvalue weighted by Crippen LogP contribution is 2.31. The quantitative estimate of drug-likeness (QED) is 0.741. The third-order valence-electron chi connectivity index (χ3n) is 3.95. The Kier molecular flexibility index (Phi) is 7.07. The molecule has 0 bridgehead atoms. The van der Waals surface area contributed by atoms with Crippen LogP contribution in [0, 0.1) is 5.41 Å². The molecule has 0 aliphatic carbocycles. The average Bonchev–Trinajstić information content (AvgIpc) is 2.58. The van der Waals surface area contributed by atoms with E-state index in [1.165, 1.54) is 7.11 Å². The molecule has 134 valence electrons. The molecule has 0 fully saturated rings. The molecule has 0 unspecified atom stereocenters. The molecule has 0 aliphatic rings. The molecule has 24 heavy (non-hydrogen) atoms. The molecule has 1 aromatic rings. The first-order valence-corrected chi connectivity index (χ1v) is 8.07. The number of benzene rings is 1. The highest BCUT2D eigenvalue weighted by atomic mass is 16.5. The minimum absolute atomic E-state index is 0.213. The van der Waals surface area contributed by atoms with E-state index in [0.717, 1.165) is 12.8 Å². The number of carbonyl (C=O) groups is 2. The molecule has 0 spiro atoms. The standard InChI is InChI=1S/C18H28N2O4/c1-7-8-11-20(4)17(22)18(2,3)16(21)19-14-12-13(23-5)9-10-15(14)24-6/h9-10,12H,7-8,11H2,1-6H3,(H,19,21). The van der Waals surface area contributed by atoms with Gasteiger partial charge in [0, 0.05) is 19.7 Å². The van der Waals surface area contributed by atoms with Crippen LogP contribution in [0.2, 0.25) is 0 Å². The van der Waals surface area contributed by atoms with Crippen LogP contribution in [0.1, 0.15) is 33.6 Å². The largest absolute Gasteiger partial charge is 0.497 e. The van der Waals surface area contributed by atoms with Crippen molar-refractivity contribution in [3.63, 3.8) is 0 Å². The Hall–Kier alpha value is -2.24. The Morgan fingerprint density at radius 2 is 1.88 bits per heavy atom. The van der Waals surface area contributed by atoms with Crippen molar-refractivity contribution in [3.05, 3.63) is 18.2 Å². The number of rotatable bonds is 8. The van der Waals surface area contributed by atoms with Crippen LogP contribution in [-0.2, 0) is 9.59 Å². The first-order chi connectivity index (χ1) is 11.3. The summed E-state index contributed by atoms with van der Waals surface area (Å²) in [5.41, 5.74) is -0.713. The molecule has 0 saturated carbocycles. The summed E-state index contributed by atoms with van der Waals surface area (Å²) in [7, 11) is 4.79. The van der Waals surface area contributed by atoms with Gasteiger partial charge in [0.25, 0.3) is 0 Å². The number of hydrogen-bond acceptors (Lipinski definition) is 4. The Bertz CT molecular complexity index is 584. The second-order valence-corrected chi connectivity index (χ2v) is 6.23. The Morgan fingerprint density at radius 3 is 2.42 bits per heavy atom. The summed E-state index contributed by atoms with van der Waals surface area (Å²) < 4.78 is 10.4. The van der Waals surface area contributed by atoms with Crippen molar-refractivity contribution in [2.75, 3.05) is 33.1 Å². The van der Waals surface area contributed by atoms with Crippen LogP contribution < -0.4 is 14.8 Å². The maximum Gasteiger partial charge on any atom is 0.239 e. The predicted molar refractivity (Wildman–Crippen MR) is 94.5 cm³/mol. The maximum absolute atomic E-state index is 12.7. The Balaban J connectivity index is 2.94. The summed E-state index contributed by atoms with van der Waals surface area (Å²) >= 11 is 0. The van der Waals surface area contributed by atoms with E-state index in [4.69, 9.17) is 9.47 Å². The van der Waals surface area contributed by atoms with Crippen molar-refractivity contribution in [3.8, 4) is 11.5 Å². The third-order valence-corrected chi connectivity index (χ3v) is 3.95. The van der Waals surface area contributed by atoms with E-state index >= 15 is 0 Å². The SMILES string of the molecule is CCCCN(C)C(=O)C(C)(C)C(=O)Nc1cc(OC)ccc1OC. The highest BCUT2D eigenvalue weighted by molar-refractivity contribution is 6.10. The van der Waals surface area contributed by atoms with Crippen molar-refractivity contribution in [2.24, 2.45) is 5.41 Å². The molecule has 0 atom stereocenters. The lowest BCUT2D eigenvalue weighted by molar-refractivity contribution is -0.145. The Labute approximate surface area is 144 Å². The van der Waals surface area contributed by atoms with Crippen molar-refractivity contribution in [1.29, 1.82) is 0 Å². The first kappa shape index (κ1) is 19.8. The van der Waals surface area contributed by atoms with Crippen LogP contribution in [0.15, 0.2) is 18.2 Å². The number of anilines is 1. The number of carbonyl (C=O) groups excluding carboxylic acids is 2. The van der Waals surface area contributed by atoms with Crippen LogP contribution in [0.4, 0.5) is 5.69 Å². The van der Waals surface area contributed by atoms with Gasteiger partial charge in [-0.3, -0.25) is 9.59 Å². The number of nitrogens with zero attached hydrogens (tertiary/aromatic N) is 1. The molecule has 0 heterocycles. The molecule has 2 amide bonds. The van der Waals surface area contributed by atoms with Gasteiger partial charge in [-0.25, -0.2) is 0 Å². The lowest BCUT2D eigenvalue weighted by atomic mass is 9.90. The summed E-state index contributed by atoms with van der Waals surface area (Å²) in [4.78, 5) is 26.9. The van der Waals surface area contributed by atoms with Crippen LogP contribution in [0.25, 0.3) is 0 Å². The number of unbranched alkanes of at least 4 members (excludes halogenated alkanes) is 1. The van der Waals surface area contributed by atoms with E-state index in [1.807, 2.05) is 0 Å². The topological polar surface area (TPSA) is 67.9 Å². The van der Waals surface area contributed by atoms with E-state index in [0.29, 0.717) is 23.7 Å². The monoisotopic (exact) mass is 336 g/mol. The summed E-state index contributed by atoms with van der Waals surface area (Å²) in [6.07, 6.45) is 1.90. The lowest BCUT2D eigenvalue weighted by Crippen LogP contribution is -2.46. The van der Waals surface area contributed by atoms with Gasteiger partial charge in [-0.1, -0.05) is 13.3 Å². The first-order valence-electron chi connectivity index (χ1n) is 8.07. The smallest absolute Gasteiger partial charge is 0.239 e.